The van der Waals surface area contributed by atoms with Crippen LogP contribution in [0.4, 0.5) is 5.69 Å². The quantitative estimate of drug-likeness (QED) is 0.560. The molecule has 1 N–H and O–H groups in total. The predicted molar refractivity (Wildman–Crippen MR) is 115 cm³/mol. The van der Waals surface area contributed by atoms with Crippen molar-refractivity contribution in [3.63, 3.8) is 0 Å². The minimum atomic E-state index is -0.261. The monoisotopic (exact) mass is 391 g/mol. The number of aromatic nitrogens is 2. The van der Waals surface area contributed by atoms with E-state index >= 15 is 0 Å². The molecular formula is C22H21N3O2S. The predicted octanol–water partition coefficient (Wildman–Crippen LogP) is 4.48. The zero-order chi connectivity index (χ0) is 20.0. The number of thiophene rings is 1. The SMILES string of the molecule is Cc1cc(C)c(NC(=O)Cn2nc(C)c3sc4ccccc4c3c2=O)c(C)c1. The molecular weight excluding hydrogens is 370 g/mol. The number of benzene rings is 2. The lowest BCUT2D eigenvalue weighted by atomic mass is 10.1. The molecule has 0 aliphatic rings. The molecule has 4 aromatic rings. The van der Waals surface area contributed by atoms with Crippen LogP contribution < -0.4 is 10.9 Å². The lowest BCUT2D eigenvalue weighted by Crippen LogP contribution is -2.30. The number of nitrogens with zero attached hydrogens (tertiary/aromatic N) is 2. The van der Waals surface area contributed by atoms with E-state index in [9.17, 15) is 9.59 Å². The van der Waals surface area contributed by atoms with Crippen LogP contribution in [0.25, 0.3) is 20.2 Å². The summed E-state index contributed by atoms with van der Waals surface area (Å²) in [6.07, 6.45) is 0. The first-order chi connectivity index (χ1) is 13.3. The molecule has 2 heterocycles. The second-order valence-electron chi connectivity index (χ2n) is 7.17. The molecule has 4 rings (SSSR count). The summed E-state index contributed by atoms with van der Waals surface area (Å²) < 4.78 is 3.20. The highest BCUT2D eigenvalue weighted by Crippen LogP contribution is 2.32. The smallest absolute Gasteiger partial charge is 0.276 e. The fraction of sp³-hybridized carbons (Fsp3) is 0.227. The van der Waals surface area contributed by atoms with Crippen molar-refractivity contribution in [1.29, 1.82) is 0 Å². The van der Waals surface area contributed by atoms with Gasteiger partial charge in [0.2, 0.25) is 5.91 Å². The largest absolute Gasteiger partial charge is 0.324 e. The molecule has 2 aromatic heterocycles. The van der Waals surface area contributed by atoms with Gasteiger partial charge in [-0.15, -0.1) is 11.3 Å². The Hall–Kier alpha value is -2.99. The molecule has 2 aromatic carbocycles. The number of nitrogens with one attached hydrogen (secondary N) is 1. The minimum absolute atomic E-state index is 0.119. The second kappa shape index (κ2) is 6.87. The molecule has 0 saturated heterocycles. The summed E-state index contributed by atoms with van der Waals surface area (Å²) in [5.74, 6) is -0.261. The average Bonchev–Trinajstić information content (AvgIpc) is 3.03. The van der Waals surface area contributed by atoms with Crippen LogP contribution in [0.15, 0.2) is 41.2 Å². The van der Waals surface area contributed by atoms with Gasteiger partial charge in [0.15, 0.2) is 0 Å². The van der Waals surface area contributed by atoms with Gasteiger partial charge in [-0.25, -0.2) is 4.68 Å². The van der Waals surface area contributed by atoms with Gasteiger partial charge in [-0.05, 0) is 44.9 Å². The molecule has 0 aliphatic carbocycles. The molecule has 0 radical (unpaired) electrons. The summed E-state index contributed by atoms with van der Waals surface area (Å²) >= 11 is 1.56. The summed E-state index contributed by atoms with van der Waals surface area (Å²) in [5.41, 5.74) is 4.47. The van der Waals surface area contributed by atoms with E-state index in [1.165, 1.54) is 4.68 Å². The van der Waals surface area contributed by atoms with Gasteiger partial charge in [0.05, 0.1) is 15.8 Å². The maximum Gasteiger partial charge on any atom is 0.276 e. The molecule has 0 bridgehead atoms. The molecule has 28 heavy (non-hydrogen) atoms. The molecule has 0 aliphatic heterocycles. The number of anilines is 1. The van der Waals surface area contributed by atoms with Gasteiger partial charge >= 0.3 is 0 Å². The van der Waals surface area contributed by atoms with Gasteiger partial charge in [-0.2, -0.15) is 5.10 Å². The first kappa shape index (κ1) is 18.4. The highest BCUT2D eigenvalue weighted by atomic mass is 32.1. The van der Waals surface area contributed by atoms with E-state index in [1.807, 2.05) is 64.1 Å². The Morgan fingerprint density at radius 1 is 1.11 bits per heavy atom. The number of hydrogen-bond donors (Lipinski definition) is 1. The number of fused-ring (bicyclic) bond motifs is 3. The zero-order valence-electron chi connectivity index (χ0n) is 16.3. The van der Waals surface area contributed by atoms with Gasteiger partial charge in [-0.1, -0.05) is 35.9 Å². The maximum absolute atomic E-state index is 13.0. The minimum Gasteiger partial charge on any atom is -0.324 e. The van der Waals surface area contributed by atoms with E-state index in [2.05, 4.69) is 10.4 Å². The van der Waals surface area contributed by atoms with Crippen LogP contribution in [0.3, 0.4) is 0 Å². The van der Waals surface area contributed by atoms with Crippen LogP contribution in [0.2, 0.25) is 0 Å². The third kappa shape index (κ3) is 3.10. The van der Waals surface area contributed by atoms with E-state index in [0.717, 1.165) is 42.9 Å². The maximum atomic E-state index is 13.0. The van der Waals surface area contributed by atoms with Gasteiger partial charge in [0, 0.05) is 15.8 Å². The summed E-state index contributed by atoms with van der Waals surface area (Å²) in [7, 11) is 0. The number of aryl methyl sites for hydroxylation is 4. The molecule has 0 unspecified atom stereocenters. The van der Waals surface area contributed by atoms with E-state index in [0.29, 0.717) is 5.39 Å². The van der Waals surface area contributed by atoms with Gasteiger partial charge < -0.3 is 5.32 Å². The van der Waals surface area contributed by atoms with Crippen LogP contribution in [-0.2, 0) is 11.3 Å². The normalized spacial score (nSPS) is 11.3. The number of hydrogen-bond acceptors (Lipinski definition) is 4. The fourth-order valence-corrected chi connectivity index (χ4v) is 4.85. The van der Waals surface area contributed by atoms with Gasteiger partial charge in [0.1, 0.15) is 6.54 Å². The average molecular weight is 391 g/mol. The van der Waals surface area contributed by atoms with Crippen LogP contribution in [0.1, 0.15) is 22.4 Å². The lowest BCUT2D eigenvalue weighted by Gasteiger charge is -2.13. The van der Waals surface area contributed by atoms with Crippen molar-refractivity contribution in [3.05, 3.63) is 69.1 Å². The molecule has 1 amide bonds. The number of rotatable bonds is 3. The number of carbonyl (C=O) groups excluding carboxylic acids is 1. The Morgan fingerprint density at radius 2 is 1.79 bits per heavy atom. The zero-order valence-corrected chi connectivity index (χ0v) is 17.1. The molecule has 0 fully saturated rings. The first-order valence-electron chi connectivity index (χ1n) is 9.12. The van der Waals surface area contributed by atoms with Crippen molar-refractivity contribution in [3.8, 4) is 0 Å². The van der Waals surface area contributed by atoms with Crippen molar-refractivity contribution >= 4 is 43.1 Å². The van der Waals surface area contributed by atoms with Gasteiger partial charge in [-0.3, -0.25) is 9.59 Å². The first-order valence-corrected chi connectivity index (χ1v) is 9.93. The summed E-state index contributed by atoms with van der Waals surface area (Å²) in [6, 6.07) is 11.9. The summed E-state index contributed by atoms with van der Waals surface area (Å²) in [5, 5.41) is 8.89. The van der Waals surface area contributed by atoms with Gasteiger partial charge in [0.25, 0.3) is 5.56 Å². The summed E-state index contributed by atoms with van der Waals surface area (Å²) in [6.45, 7) is 7.71. The number of carbonyl (C=O) groups is 1. The molecule has 0 saturated carbocycles. The van der Waals surface area contributed by atoms with E-state index in [-0.39, 0.29) is 18.0 Å². The highest BCUT2D eigenvalue weighted by Gasteiger charge is 2.16. The fourth-order valence-electron chi connectivity index (χ4n) is 3.71. The Morgan fingerprint density at radius 3 is 2.50 bits per heavy atom. The highest BCUT2D eigenvalue weighted by molar-refractivity contribution is 7.26. The van der Waals surface area contributed by atoms with Crippen molar-refractivity contribution in [2.45, 2.75) is 34.2 Å². The Balaban J connectivity index is 1.72. The molecule has 0 atom stereocenters. The number of amides is 1. The topological polar surface area (TPSA) is 64.0 Å². The van der Waals surface area contributed by atoms with Crippen molar-refractivity contribution < 1.29 is 4.79 Å². The van der Waals surface area contributed by atoms with E-state index < -0.39 is 0 Å². The Kier molecular flexibility index (Phi) is 4.51. The second-order valence-corrected chi connectivity index (χ2v) is 8.22. The third-order valence-electron chi connectivity index (χ3n) is 4.88. The van der Waals surface area contributed by atoms with Crippen molar-refractivity contribution in [2.75, 3.05) is 5.32 Å². The van der Waals surface area contributed by atoms with Crippen LogP contribution in [-0.4, -0.2) is 15.7 Å². The third-order valence-corrected chi connectivity index (χ3v) is 6.16. The van der Waals surface area contributed by atoms with Crippen molar-refractivity contribution in [2.24, 2.45) is 0 Å². The molecule has 5 nitrogen and oxygen atoms in total. The standard InChI is InChI=1S/C22H21N3O2S/c1-12-9-13(2)20(14(3)10-12)23-18(26)11-25-22(27)19-16-7-5-6-8-17(16)28-21(19)15(4)24-25/h5-10H,11H2,1-4H3,(H,23,26). The summed E-state index contributed by atoms with van der Waals surface area (Å²) in [4.78, 5) is 25.7. The molecule has 6 heteroatoms. The van der Waals surface area contributed by atoms with E-state index in [1.54, 1.807) is 11.3 Å². The van der Waals surface area contributed by atoms with Crippen molar-refractivity contribution in [1.82, 2.24) is 9.78 Å². The lowest BCUT2D eigenvalue weighted by molar-refractivity contribution is -0.117. The Bertz CT molecular complexity index is 1280. The van der Waals surface area contributed by atoms with Crippen LogP contribution in [0, 0.1) is 27.7 Å². The Labute approximate surface area is 166 Å². The van der Waals surface area contributed by atoms with E-state index in [4.69, 9.17) is 0 Å². The molecule has 0 spiro atoms. The van der Waals surface area contributed by atoms with Crippen LogP contribution >= 0.6 is 11.3 Å². The van der Waals surface area contributed by atoms with Crippen LogP contribution in [0.5, 0.6) is 0 Å². The molecule has 142 valence electrons.